The minimum Gasteiger partial charge on any atom is -0.455 e. The van der Waals surface area contributed by atoms with E-state index in [-0.39, 0.29) is 12.1 Å². The lowest BCUT2D eigenvalue weighted by molar-refractivity contribution is -0.138. The summed E-state index contributed by atoms with van der Waals surface area (Å²) >= 11 is 0. The summed E-state index contributed by atoms with van der Waals surface area (Å²) in [6, 6.07) is 0. The molecule has 0 saturated carbocycles. The van der Waals surface area contributed by atoms with E-state index in [0.717, 1.165) is 6.42 Å². The number of carbonyl (C=O) groups excluding carboxylic acids is 1. The predicted molar refractivity (Wildman–Crippen MR) is 66.2 cm³/mol. The van der Waals surface area contributed by atoms with E-state index < -0.39 is 0 Å². The highest BCUT2D eigenvalue weighted by molar-refractivity contribution is 5.84. The summed E-state index contributed by atoms with van der Waals surface area (Å²) in [5.74, 6) is -0.176. The summed E-state index contributed by atoms with van der Waals surface area (Å²) in [7, 11) is 0. The van der Waals surface area contributed by atoms with Crippen molar-refractivity contribution in [1.82, 2.24) is 0 Å². The highest BCUT2D eigenvalue weighted by atomic mass is 16.5. The second-order valence-corrected chi connectivity index (χ2v) is 4.60. The average molecular weight is 224 g/mol. The molecule has 0 radical (unpaired) electrons. The van der Waals surface area contributed by atoms with Gasteiger partial charge < -0.3 is 4.74 Å². The van der Waals surface area contributed by atoms with Gasteiger partial charge in [-0.25, -0.2) is 4.79 Å². The molecule has 0 N–H and O–H groups in total. The fraction of sp³-hybridized carbons (Fsp3) is 0.786. The summed E-state index contributed by atoms with van der Waals surface area (Å²) in [6.45, 7) is 2.25. The third kappa shape index (κ3) is 5.94. The lowest BCUT2D eigenvalue weighted by atomic mass is 10.1. The molecule has 2 nitrogen and oxygen atoms in total. The highest BCUT2D eigenvalue weighted by Gasteiger charge is 2.15. The van der Waals surface area contributed by atoms with Crippen LogP contribution in [-0.4, -0.2) is 12.1 Å². The molecule has 1 atom stereocenters. The van der Waals surface area contributed by atoms with Gasteiger partial charge in [0.05, 0.1) is 0 Å². The minimum absolute atomic E-state index is 0.0626. The second-order valence-electron chi connectivity index (χ2n) is 4.60. The molecule has 0 fully saturated rings. The van der Waals surface area contributed by atoms with Gasteiger partial charge >= 0.3 is 5.97 Å². The van der Waals surface area contributed by atoms with Gasteiger partial charge in [0, 0.05) is 6.08 Å². The molecule has 92 valence electrons. The minimum atomic E-state index is -0.176. The highest BCUT2D eigenvalue weighted by Crippen LogP contribution is 2.15. The van der Waals surface area contributed by atoms with Gasteiger partial charge in [-0.3, -0.25) is 0 Å². The van der Waals surface area contributed by atoms with Crippen molar-refractivity contribution in [2.75, 3.05) is 0 Å². The van der Waals surface area contributed by atoms with Crippen LogP contribution in [-0.2, 0) is 9.53 Å². The molecule has 1 unspecified atom stereocenters. The molecule has 1 aliphatic heterocycles. The SMILES string of the molecule is CCCCCCCCCCC1C=CC(=O)O1. The van der Waals surface area contributed by atoms with Crippen LogP contribution in [0, 0.1) is 0 Å². The largest absolute Gasteiger partial charge is 0.455 e. The summed E-state index contributed by atoms with van der Waals surface area (Å²) < 4.78 is 5.07. The van der Waals surface area contributed by atoms with Crippen LogP contribution in [0.5, 0.6) is 0 Å². The van der Waals surface area contributed by atoms with Gasteiger partial charge in [0.25, 0.3) is 0 Å². The van der Waals surface area contributed by atoms with E-state index >= 15 is 0 Å². The maximum atomic E-state index is 10.8. The number of hydrogen-bond acceptors (Lipinski definition) is 2. The van der Waals surface area contributed by atoms with E-state index in [1.165, 1.54) is 57.4 Å². The van der Waals surface area contributed by atoms with Gasteiger partial charge in [0.1, 0.15) is 6.10 Å². The van der Waals surface area contributed by atoms with E-state index in [0.29, 0.717) is 0 Å². The van der Waals surface area contributed by atoms with Crippen molar-refractivity contribution in [1.29, 1.82) is 0 Å². The van der Waals surface area contributed by atoms with Crippen molar-refractivity contribution >= 4 is 5.97 Å². The predicted octanol–water partition coefficient (Wildman–Crippen LogP) is 4.00. The maximum Gasteiger partial charge on any atom is 0.331 e. The van der Waals surface area contributed by atoms with Crippen molar-refractivity contribution in [3.8, 4) is 0 Å². The molecule has 0 aromatic carbocycles. The van der Waals surface area contributed by atoms with Crippen LogP contribution < -0.4 is 0 Å². The van der Waals surface area contributed by atoms with Gasteiger partial charge in [0.15, 0.2) is 0 Å². The molecule has 1 heterocycles. The molecule has 16 heavy (non-hydrogen) atoms. The van der Waals surface area contributed by atoms with E-state index in [9.17, 15) is 4.79 Å². The number of rotatable bonds is 9. The zero-order valence-corrected chi connectivity index (χ0v) is 10.4. The molecule has 0 bridgehead atoms. The summed E-state index contributed by atoms with van der Waals surface area (Å²) in [5, 5.41) is 0. The Bertz CT molecular complexity index is 221. The smallest absolute Gasteiger partial charge is 0.331 e. The standard InChI is InChI=1S/C14H24O2/c1-2-3-4-5-6-7-8-9-10-13-11-12-14(15)16-13/h11-13H,2-10H2,1H3. The molecule has 1 aliphatic rings. The first-order chi connectivity index (χ1) is 7.83. The Balaban J connectivity index is 1.82. The Kier molecular flexibility index (Phi) is 6.95. The molecule has 0 spiro atoms. The third-order valence-electron chi connectivity index (χ3n) is 3.06. The van der Waals surface area contributed by atoms with E-state index in [1.54, 1.807) is 0 Å². The van der Waals surface area contributed by atoms with Crippen molar-refractivity contribution in [3.05, 3.63) is 12.2 Å². The number of esters is 1. The first kappa shape index (κ1) is 13.3. The van der Waals surface area contributed by atoms with Gasteiger partial charge in [-0.05, 0) is 18.9 Å². The zero-order valence-electron chi connectivity index (χ0n) is 10.4. The van der Waals surface area contributed by atoms with Gasteiger partial charge in [-0.2, -0.15) is 0 Å². The van der Waals surface area contributed by atoms with Crippen LogP contribution >= 0.6 is 0 Å². The number of hydrogen-bond donors (Lipinski definition) is 0. The average Bonchev–Trinajstić information content (AvgIpc) is 2.68. The number of unbranched alkanes of at least 4 members (excludes halogenated alkanes) is 7. The van der Waals surface area contributed by atoms with Crippen molar-refractivity contribution in [2.24, 2.45) is 0 Å². The maximum absolute atomic E-state index is 10.8. The fourth-order valence-corrected chi connectivity index (χ4v) is 2.05. The van der Waals surface area contributed by atoms with Crippen molar-refractivity contribution < 1.29 is 9.53 Å². The van der Waals surface area contributed by atoms with Gasteiger partial charge in [-0.15, -0.1) is 0 Å². The normalized spacial score (nSPS) is 19.1. The molecular formula is C14H24O2. The molecule has 0 aliphatic carbocycles. The number of ether oxygens (including phenoxy) is 1. The summed E-state index contributed by atoms with van der Waals surface area (Å²) in [4.78, 5) is 10.8. The van der Waals surface area contributed by atoms with Crippen LogP contribution in [0.1, 0.15) is 64.7 Å². The lowest BCUT2D eigenvalue weighted by Gasteiger charge is -2.07. The molecule has 1 rings (SSSR count). The van der Waals surface area contributed by atoms with E-state index in [4.69, 9.17) is 4.74 Å². The number of carbonyl (C=O) groups is 1. The Morgan fingerprint density at radius 1 is 1.06 bits per heavy atom. The molecule has 0 aromatic heterocycles. The van der Waals surface area contributed by atoms with Crippen LogP contribution in [0.25, 0.3) is 0 Å². The lowest BCUT2D eigenvalue weighted by Crippen LogP contribution is -2.06. The van der Waals surface area contributed by atoms with E-state index in [1.807, 2.05) is 6.08 Å². The zero-order chi connectivity index (χ0) is 11.6. The first-order valence-corrected chi connectivity index (χ1v) is 6.71. The van der Waals surface area contributed by atoms with Crippen LogP contribution in [0.3, 0.4) is 0 Å². The Morgan fingerprint density at radius 2 is 1.69 bits per heavy atom. The Hall–Kier alpha value is -0.790. The van der Waals surface area contributed by atoms with Crippen molar-refractivity contribution in [3.63, 3.8) is 0 Å². The van der Waals surface area contributed by atoms with E-state index in [2.05, 4.69) is 6.92 Å². The first-order valence-electron chi connectivity index (χ1n) is 6.71. The molecular weight excluding hydrogens is 200 g/mol. The van der Waals surface area contributed by atoms with Crippen LogP contribution in [0.4, 0.5) is 0 Å². The number of cyclic esters (lactones) is 1. The summed E-state index contributed by atoms with van der Waals surface area (Å²) in [6.07, 6.45) is 15.1. The Labute approximate surface area is 99.1 Å². The van der Waals surface area contributed by atoms with Crippen LogP contribution in [0.2, 0.25) is 0 Å². The monoisotopic (exact) mass is 224 g/mol. The second kappa shape index (κ2) is 8.37. The Morgan fingerprint density at radius 3 is 2.25 bits per heavy atom. The fourth-order valence-electron chi connectivity index (χ4n) is 2.05. The molecule has 0 amide bonds. The quantitative estimate of drug-likeness (QED) is 0.437. The van der Waals surface area contributed by atoms with Gasteiger partial charge in [-0.1, -0.05) is 51.9 Å². The molecule has 0 saturated heterocycles. The molecule has 2 heteroatoms. The van der Waals surface area contributed by atoms with Gasteiger partial charge in [0.2, 0.25) is 0 Å². The molecule has 0 aromatic rings. The van der Waals surface area contributed by atoms with Crippen LogP contribution in [0.15, 0.2) is 12.2 Å². The third-order valence-corrected chi connectivity index (χ3v) is 3.06. The topological polar surface area (TPSA) is 26.3 Å². The summed E-state index contributed by atoms with van der Waals surface area (Å²) in [5.41, 5.74) is 0. The van der Waals surface area contributed by atoms with Crippen molar-refractivity contribution in [2.45, 2.75) is 70.8 Å².